The highest BCUT2D eigenvalue weighted by atomic mass is 32.2. The van der Waals surface area contributed by atoms with Gasteiger partial charge in [0.15, 0.2) is 0 Å². The van der Waals surface area contributed by atoms with Crippen molar-refractivity contribution in [3.05, 3.63) is 0 Å². The van der Waals surface area contributed by atoms with Crippen LogP contribution in [0.15, 0.2) is 0 Å². The Kier molecular flexibility index (Phi) is 7.08. The second-order valence-electron chi connectivity index (χ2n) is 3.10. The first-order valence-electron chi connectivity index (χ1n) is 4.65. The SMILES string of the molecule is CCCC(COC)NS(=O)(=O)CCO. The second-order valence-corrected chi connectivity index (χ2v) is 4.97. The van der Waals surface area contributed by atoms with Gasteiger partial charge in [0.2, 0.25) is 10.0 Å². The molecule has 0 spiro atoms. The first-order chi connectivity index (χ1) is 6.55. The number of methoxy groups -OCH3 is 1. The zero-order valence-corrected chi connectivity index (χ0v) is 9.51. The summed E-state index contributed by atoms with van der Waals surface area (Å²) >= 11 is 0. The van der Waals surface area contributed by atoms with Crippen LogP contribution in [0.5, 0.6) is 0 Å². The summed E-state index contributed by atoms with van der Waals surface area (Å²) in [5.41, 5.74) is 0. The number of rotatable bonds is 8. The number of nitrogens with one attached hydrogen (secondary N) is 1. The van der Waals surface area contributed by atoms with Crippen molar-refractivity contribution < 1.29 is 18.3 Å². The molecule has 0 saturated heterocycles. The lowest BCUT2D eigenvalue weighted by Gasteiger charge is -2.16. The maximum Gasteiger partial charge on any atom is 0.214 e. The Morgan fingerprint density at radius 2 is 2.14 bits per heavy atom. The van der Waals surface area contributed by atoms with Crippen molar-refractivity contribution in [1.29, 1.82) is 0 Å². The van der Waals surface area contributed by atoms with Crippen LogP contribution in [0.4, 0.5) is 0 Å². The van der Waals surface area contributed by atoms with Crippen molar-refractivity contribution in [1.82, 2.24) is 4.72 Å². The predicted octanol–water partition coefficient (Wildman–Crippen LogP) is -0.287. The first kappa shape index (κ1) is 13.8. The van der Waals surface area contributed by atoms with Crippen molar-refractivity contribution in [2.75, 3.05) is 26.1 Å². The molecule has 0 fully saturated rings. The third-order valence-electron chi connectivity index (χ3n) is 1.71. The Morgan fingerprint density at radius 1 is 1.50 bits per heavy atom. The van der Waals surface area contributed by atoms with E-state index in [1.54, 1.807) is 0 Å². The molecule has 0 saturated carbocycles. The van der Waals surface area contributed by atoms with Crippen LogP contribution >= 0.6 is 0 Å². The Balaban J connectivity index is 4.13. The maximum atomic E-state index is 11.3. The van der Waals surface area contributed by atoms with Gasteiger partial charge >= 0.3 is 0 Å². The van der Waals surface area contributed by atoms with Crippen LogP contribution in [0.2, 0.25) is 0 Å². The average molecular weight is 225 g/mol. The Labute approximate surface area is 85.5 Å². The number of aliphatic hydroxyl groups excluding tert-OH is 1. The highest BCUT2D eigenvalue weighted by molar-refractivity contribution is 7.89. The molecule has 0 aromatic heterocycles. The van der Waals surface area contributed by atoms with Gasteiger partial charge in [0.25, 0.3) is 0 Å². The molecule has 86 valence electrons. The van der Waals surface area contributed by atoms with Gasteiger partial charge in [-0.3, -0.25) is 0 Å². The molecule has 0 heterocycles. The van der Waals surface area contributed by atoms with Gasteiger partial charge in [-0.25, -0.2) is 13.1 Å². The van der Waals surface area contributed by atoms with Crippen molar-refractivity contribution >= 4 is 10.0 Å². The molecule has 0 aliphatic heterocycles. The fourth-order valence-corrected chi connectivity index (χ4v) is 2.21. The van der Waals surface area contributed by atoms with Crippen LogP contribution in [0.25, 0.3) is 0 Å². The summed E-state index contributed by atoms with van der Waals surface area (Å²) in [5.74, 6) is -0.253. The van der Waals surface area contributed by atoms with Gasteiger partial charge in [-0.2, -0.15) is 0 Å². The lowest BCUT2D eigenvalue weighted by atomic mass is 10.2. The van der Waals surface area contributed by atoms with E-state index in [-0.39, 0.29) is 18.4 Å². The molecule has 0 amide bonds. The summed E-state index contributed by atoms with van der Waals surface area (Å²) in [5, 5.41) is 8.52. The largest absolute Gasteiger partial charge is 0.395 e. The van der Waals surface area contributed by atoms with Gasteiger partial charge in [-0.15, -0.1) is 0 Å². The van der Waals surface area contributed by atoms with E-state index < -0.39 is 10.0 Å². The smallest absolute Gasteiger partial charge is 0.214 e. The van der Waals surface area contributed by atoms with E-state index in [1.807, 2.05) is 6.92 Å². The van der Waals surface area contributed by atoms with E-state index in [4.69, 9.17) is 9.84 Å². The molecular weight excluding hydrogens is 206 g/mol. The Bertz CT molecular complexity index is 221. The van der Waals surface area contributed by atoms with Crippen molar-refractivity contribution in [3.63, 3.8) is 0 Å². The van der Waals surface area contributed by atoms with Crippen molar-refractivity contribution in [2.24, 2.45) is 0 Å². The summed E-state index contributed by atoms with van der Waals surface area (Å²) in [6.07, 6.45) is 1.62. The van der Waals surface area contributed by atoms with Crippen molar-refractivity contribution in [3.8, 4) is 0 Å². The average Bonchev–Trinajstić information content (AvgIpc) is 2.03. The molecule has 0 aromatic rings. The van der Waals surface area contributed by atoms with Gasteiger partial charge in [0.05, 0.1) is 19.0 Å². The minimum Gasteiger partial charge on any atom is -0.395 e. The molecule has 5 nitrogen and oxygen atoms in total. The zero-order valence-electron chi connectivity index (χ0n) is 8.69. The molecular formula is C8H19NO4S. The highest BCUT2D eigenvalue weighted by Gasteiger charge is 2.16. The van der Waals surface area contributed by atoms with Gasteiger partial charge in [-0.1, -0.05) is 13.3 Å². The monoisotopic (exact) mass is 225 g/mol. The molecule has 0 rings (SSSR count). The first-order valence-corrected chi connectivity index (χ1v) is 6.30. The quantitative estimate of drug-likeness (QED) is 0.595. The maximum absolute atomic E-state index is 11.3. The lowest BCUT2D eigenvalue weighted by molar-refractivity contribution is 0.171. The zero-order chi connectivity index (χ0) is 11.0. The number of aliphatic hydroxyl groups is 1. The molecule has 14 heavy (non-hydrogen) atoms. The van der Waals surface area contributed by atoms with Gasteiger partial charge in [0.1, 0.15) is 0 Å². The normalized spacial score (nSPS) is 14.2. The Morgan fingerprint density at radius 3 is 2.57 bits per heavy atom. The fraction of sp³-hybridized carbons (Fsp3) is 1.00. The summed E-state index contributed by atoms with van der Waals surface area (Å²) < 4.78 is 29.9. The standard InChI is InChI=1S/C8H19NO4S/c1-3-4-8(7-13-2)9-14(11,12)6-5-10/h8-10H,3-7H2,1-2H3. The highest BCUT2D eigenvalue weighted by Crippen LogP contribution is 1.99. The van der Waals surface area contributed by atoms with Gasteiger partial charge < -0.3 is 9.84 Å². The van der Waals surface area contributed by atoms with Crippen LogP contribution < -0.4 is 4.72 Å². The van der Waals surface area contributed by atoms with E-state index in [0.29, 0.717) is 6.61 Å². The summed E-state index contributed by atoms with van der Waals surface area (Å²) in [7, 11) is -1.82. The molecule has 6 heteroatoms. The summed E-state index contributed by atoms with van der Waals surface area (Å²) in [6, 6.07) is -0.193. The fourth-order valence-electron chi connectivity index (χ4n) is 1.16. The minimum atomic E-state index is -3.36. The molecule has 0 radical (unpaired) electrons. The van der Waals surface area contributed by atoms with Crippen LogP contribution in [0, 0.1) is 0 Å². The number of hydrogen-bond acceptors (Lipinski definition) is 4. The van der Waals surface area contributed by atoms with Crippen molar-refractivity contribution in [2.45, 2.75) is 25.8 Å². The molecule has 0 aliphatic rings. The molecule has 0 aliphatic carbocycles. The minimum absolute atomic E-state index is 0.193. The third kappa shape index (κ3) is 6.31. The third-order valence-corrected chi connectivity index (χ3v) is 3.12. The van der Waals surface area contributed by atoms with E-state index in [9.17, 15) is 8.42 Å². The van der Waals surface area contributed by atoms with Crippen LogP contribution in [0.1, 0.15) is 19.8 Å². The van der Waals surface area contributed by atoms with Gasteiger partial charge in [0, 0.05) is 13.2 Å². The van der Waals surface area contributed by atoms with Crippen LogP contribution in [-0.2, 0) is 14.8 Å². The molecule has 1 unspecified atom stereocenters. The number of sulfonamides is 1. The second kappa shape index (κ2) is 7.17. The number of hydrogen-bond donors (Lipinski definition) is 2. The molecule has 1 atom stereocenters. The van der Waals surface area contributed by atoms with Crippen LogP contribution in [0.3, 0.4) is 0 Å². The van der Waals surface area contributed by atoms with E-state index in [2.05, 4.69) is 4.72 Å². The summed E-state index contributed by atoms with van der Waals surface area (Å²) in [4.78, 5) is 0. The lowest BCUT2D eigenvalue weighted by Crippen LogP contribution is -2.39. The van der Waals surface area contributed by atoms with Gasteiger partial charge in [-0.05, 0) is 6.42 Å². The van der Waals surface area contributed by atoms with E-state index >= 15 is 0 Å². The topological polar surface area (TPSA) is 75.6 Å². The number of ether oxygens (including phenoxy) is 1. The van der Waals surface area contributed by atoms with E-state index in [1.165, 1.54) is 7.11 Å². The molecule has 0 bridgehead atoms. The Hall–Kier alpha value is -0.170. The summed E-state index contributed by atoms with van der Waals surface area (Å²) in [6.45, 7) is 1.97. The molecule has 2 N–H and O–H groups in total. The van der Waals surface area contributed by atoms with E-state index in [0.717, 1.165) is 12.8 Å². The predicted molar refractivity (Wildman–Crippen MR) is 54.6 cm³/mol. The molecule has 0 aromatic carbocycles. The van der Waals surface area contributed by atoms with Crippen LogP contribution in [-0.4, -0.2) is 45.6 Å².